The van der Waals surface area contributed by atoms with Crippen LogP contribution in [-0.2, 0) is 9.53 Å². The predicted molar refractivity (Wildman–Crippen MR) is 85.9 cm³/mol. The zero-order valence-corrected chi connectivity index (χ0v) is 13.8. The molecule has 0 aliphatic rings. The maximum absolute atomic E-state index is 11.6. The van der Waals surface area contributed by atoms with Crippen molar-refractivity contribution in [3.8, 4) is 0 Å². The van der Waals surface area contributed by atoms with Crippen molar-refractivity contribution in [3.05, 3.63) is 28.3 Å². The van der Waals surface area contributed by atoms with Crippen LogP contribution in [0.5, 0.6) is 0 Å². The summed E-state index contributed by atoms with van der Waals surface area (Å²) >= 11 is 7.06. The molecular weight excluding hydrogens is 330 g/mol. The smallest absolute Gasteiger partial charge is 0.339 e. The summed E-state index contributed by atoms with van der Waals surface area (Å²) in [6.07, 6.45) is -2.23. The maximum Gasteiger partial charge on any atom is 0.339 e. The molecule has 0 amide bonds. The van der Waals surface area contributed by atoms with Gasteiger partial charge in [0.05, 0.1) is 18.8 Å². The van der Waals surface area contributed by atoms with E-state index >= 15 is 0 Å². The first-order valence-corrected chi connectivity index (χ1v) is 7.81. The number of aliphatic hydroxyl groups is 2. The van der Waals surface area contributed by atoms with Crippen LogP contribution in [0.15, 0.2) is 12.1 Å². The fraction of sp³-hybridized carbons (Fsp3) is 0.429. The normalized spacial score (nSPS) is 13.5. The standard InChI is InChI=1S/C14H18ClNO5S/c1-7(17)22-4-3-12(18)13(19)8-5-9(14(20)21-2)11(16)6-10(8)15/h5-6,12-13,18-19H,3-4,16H2,1-2H3. The summed E-state index contributed by atoms with van der Waals surface area (Å²) in [6.45, 7) is 1.42. The minimum atomic E-state index is -1.30. The van der Waals surface area contributed by atoms with E-state index in [4.69, 9.17) is 17.3 Å². The van der Waals surface area contributed by atoms with Gasteiger partial charge in [0.1, 0.15) is 6.10 Å². The van der Waals surface area contributed by atoms with Crippen molar-refractivity contribution in [3.63, 3.8) is 0 Å². The van der Waals surface area contributed by atoms with Crippen molar-refractivity contribution in [1.29, 1.82) is 0 Å². The van der Waals surface area contributed by atoms with E-state index in [9.17, 15) is 19.8 Å². The topological polar surface area (TPSA) is 110 Å². The average molecular weight is 348 g/mol. The van der Waals surface area contributed by atoms with E-state index in [1.165, 1.54) is 26.2 Å². The number of hydrogen-bond acceptors (Lipinski definition) is 7. The average Bonchev–Trinajstić information content (AvgIpc) is 2.45. The molecule has 0 saturated heterocycles. The van der Waals surface area contributed by atoms with Gasteiger partial charge >= 0.3 is 5.97 Å². The minimum Gasteiger partial charge on any atom is -0.465 e. The lowest BCUT2D eigenvalue weighted by Gasteiger charge is -2.20. The van der Waals surface area contributed by atoms with Crippen LogP contribution in [0.25, 0.3) is 0 Å². The lowest BCUT2D eigenvalue weighted by molar-refractivity contribution is -0.109. The van der Waals surface area contributed by atoms with Gasteiger partial charge in [-0.2, -0.15) is 0 Å². The molecule has 122 valence electrons. The van der Waals surface area contributed by atoms with Crippen LogP contribution in [0.4, 0.5) is 5.69 Å². The van der Waals surface area contributed by atoms with Crippen LogP contribution in [0.3, 0.4) is 0 Å². The molecule has 0 aromatic heterocycles. The largest absolute Gasteiger partial charge is 0.465 e. The van der Waals surface area contributed by atoms with Crippen LogP contribution in [0.1, 0.15) is 35.4 Å². The highest BCUT2D eigenvalue weighted by Crippen LogP contribution is 2.31. The number of nitrogens with two attached hydrogens (primary N) is 1. The number of thioether (sulfide) groups is 1. The number of rotatable bonds is 6. The number of anilines is 1. The number of halogens is 1. The fourth-order valence-corrected chi connectivity index (χ4v) is 2.74. The van der Waals surface area contributed by atoms with Crippen LogP contribution in [0, 0.1) is 0 Å². The van der Waals surface area contributed by atoms with Crippen LogP contribution < -0.4 is 5.73 Å². The molecule has 0 fully saturated rings. The Labute approximate surface area is 137 Å². The molecule has 0 spiro atoms. The number of aliphatic hydroxyl groups excluding tert-OH is 2. The highest BCUT2D eigenvalue weighted by Gasteiger charge is 2.23. The van der Waals surface area contributed by atoms with E-state index < -0.39 is 18.2 Å². The molecule has 0 heterocycles. The molecule has 0 radical (unpaired) electrons. The first-order chi connectivity index (χ1) is 10.3. The molecule has 1 rings (SSSR count). The molecule has 1 aromatic carbocycles. The fourth-order valence-electron chi connectivity index (χ4n) is 1.81. The minimum absolute atomic E-state index is 0.0614. The molecular formula is C14H18ClNO5S. The quantitative estimate of drug-likeness (QED) is 0.531. The maximum atomic E-state index is 11.6. The Balaban J connectivity index is 2.94. The van der Waals surface area contributed by atoms with Gasteiger partial charge < -0.3 is 20.7 Å². The lowest BCUT2D eigenvalue weighted by atomic mass is 9.99. The molecule has 0 saturated carbocycles. The van der Waals surface area contributed by atoms with Crippen LogP contribution >= 0.6 is 23.4 Å². The van der Waals surface area contributed by atoms with E-state index in [-0.39, 0.29) is 33.4 Å². The van der Waals surface area contributed by atoms with Crippen LogP contribution in [-0.4, -0.2) is 40.3 Å². The van der Waals surface area contributed by atoms with Gasteiger partial charge in [0.2, 0.25) is 0 Å². The highest BCUT2D eigenvalue weighted by atomic mass is 35.5. The molecule has 6 nitrogen and oxygen atoms in total. The van der Waals surface area contributed by atoms with Gasteiger partial charge in [0, 0.05) is 29.0 Å². The number of ether oxygens (including phenoxy) is 1. The second kappa shape index (κ2) is 8.38. The summed E-state index contributed by atoms with van der Waals surface area (Å²) in [4.78, 5) is 22.4. The third kappa shape index (κ3) is 4.88. The lowest BCUT2D eigenvalue weighted by Crippen LogP contribution is -2.20. The Morgan fingerprint density at radius 1 is 1.41 bits per heavy atom. The van der Waals surface area contributed by atoms with Crippen molar-refractivity contribution in [2.24, 2.45) is 0 Å². The third-order valence-corrected chi connectivity index (χ3v) is 4.15. The van der Waals surface area contributed by atoms with E-state index in [1.807, 2.05) is 0 Å². The molecule has 2 atom stereocenters. The van der Waals surface area contributed by atoms with Gasteiger partial charge in [-0.05, 0) is 18.6 Å². The van der Waals surface area contributed by atoms with Crippen molar-refractivity contribution in [2.45, 2.75) is 25.6 Å². The Kier molecular flexibility index (Phi) is 7.15. The molecule has 0 aliphatic carbocycles. The third-order valence-electron chi connectivity index (χ3n) is 2.98. The molecule has 4 N–H and O–H groups in total. The number of benzene rings is 1. The molecule has 0 aliphatic heterocycles. The number of esters is 1. The number of methoxy groups -OCH3 is 1. The van der Waals surface area contributed by atoms with E-state index in [0.717, 1.165) is 11.8 Å². The summed E-state index contributed by atoms with van der Waals surface area (Å²) in [5.74, 6) is -0.298. The second-order valence-electron chi connectivity index (χ2n) is 4.59. The molecule has 0 bridgehead atoms. The summed E-state index contributed by atoms with van der Waals surface area (Å²) < 4.78 is 4.60. The van der Waals surface area contributed by atoms with Crippen molar-refractivity contribution < 1.29 is 24.5 Å². The van der Waals surface area contributed by atoms with Gasteiger partial charge in [-0.1, -0.05) is 23.4 Å². The monoisotopic (exact) mass is 347 g/mol. The van der Waals surface area contributed by atoms with Crippen molar-refractivity contribution in [1.82, 2.24) is 0 Å². The Morgan fingerprint density at radius 3 is 2.59 bits per heavy atom. The summed E-state index contributed by atoms with van der Waals surface area (Å²) in [6, 6.07) is 2.62. The molecule has 1 aromatic rings. The first-order valence-electron chi connectivity index (χ1n) is 6.44. The molecule has 8 heteroatoms. The summed E-state index contributed by atoms with van der Waals surface area (Å²) in [7, 11) is 1.21. The van der Waals surface area contributed by atoms with Crippen LogP contribution in [0.2, 0.25) is 5.02 Å². The predicted octanol–water partition coefficient (Wildman–Crippen LogP) is 1.77. The van der Waals surface area contributed by atoms with Crippen molar-refractivity contribution in [2.75, 3.05) is 18.6 Å². The molecule has 2 unspecified atom stereocenters. The van der Waals surface area contributed by atoms with E-state index in [2.05, 4.69) is 4.74 Å². The summed E-state index contributed by atoms with van der Waals surface area (Å²) in [5.41, 5.74) is 6.04. The highest BCUT2D eigenvalue weighted by molar-refractivity contribution is 8.13. The van der Waals surface area contributed by atoms with E-state index in [0.29, 0.717) is 5.75 Å². The van der Waals surface area contributed by atoms with E-state index in [1.54, 1.807) is 0 Å². The number of hydrogen-bond donors (Lipinski definition) is 3. The molecule has 22 heavy (non-hydrogen) atoms. The Morgan fingerprint density at radius 2 is 2.05 bits per heavy atom. The number of nitrogen functional groups attached to an aromatic ring is 1. The van der Waals surface area contributed by atoms with Gasteiger partial charge in [-0.15, -0.1) is 0 Å². The summed E-state index contributed by atoms with van der Waals surface area (Å²) in [5, 5.41) is 20.2. The first kappa shape index (κ1) is 18.8. The van der Waals surface area contributed by atoms with Gasteiger partial charge in [-0.25, -0.2) is 4.79 Å². The zero-order valence-electron chi connectivity index (χ0n) is 12.2. The van der Waals surface area contributed by atoms with Gasteiger partial charge in [-0.3, -0.25) is 4.79 Å². The number of carbonyl (C=O) groups is 2. The zero-order chi connectivity index (χ0) is 16.9. The van der Waals surface area contributed by atoms with Gasteiger partial charge in [0.15, 0.2) is 5.12 Å². The Hall–Kier alpha value is -1.28. The van der Waals surface area contributed by atoms with Crippen molar-refractivity contribution >= 4 is 40.1 Å². The number of carbonyl (C=O) groups excluding carboxylic acids is 2. The SMILES string of the molecule is COC(=O)c1cc(C(O)C(O)CCSC(C)=O)c(Cl)cc1N. The van der Waals surface area contributed by atoms with Gasteiger partial charge in [0.25, 0.3) is 0 Å². The second-order valence-corrected chi connectivity index (χ2v) is 6.27. The Bertz CT molecular complexity index is 566.